The molecular weight excluding hydrogens is 293 g/mol. The number of nitrogens with zero attached hydrogens (tertiary/aromatic N) is 2. The fraction of sp³-hybridized carbons (Fsp3) is 0.818. The molecule has 0 atom stereocenters. The molecule has 2 rings (SSSR count). The standard InChI is InChI=1S/C11H17F3N4OS/c1-19-7-10(2-4-15-5-3-10)6-16-9-18-17-8(20-9)11(12,13)14/h15H,2-7H2,1H3,(H,16,18). The van der Waals surface area contributed by atoms with Gasteiger partial charge in [0.2, 0.25) is 10.1 Å². The van der Waals surface area contributed by atoms with E-state index in [0.29, 0.717) is 24.5 Å². The van der Waals surface area contributed by atoms with Crippen molar-refractivity contribution in [2.75, 3.05) is 38.7 Å². The number of nitrogens with one attached hydrogen (secondary N) is 2. The summed E-state index contributed by atoms with van der Waals surface area (Å²) >= 11 is 0.530. The van der Waals surface area contributed by atoms with Crippen molar-refractivity contribution in [1.82, 2.24) is 15.5 Å². The number of methoxy groups -OCH3 is 1. The van der Waals surface area contributed by atoms with Gasteiger partial charge in [0.05, 0.1) is 6.61 Å². The zero-order valence-corrected chi connectivity index (χ0v) is 11.9. The minimum Gasteiger partial charge on any atom is -0.384 e. The number of hydrogen-bond donors (Lipinski definition) is 2. The molecule has 114 valence electrons. The molecule has 0 spiro atoms. The molecule has 0 saturated carbocycles. The molecule has 1 aromatic heterocycles. The number of hydrogen-bond acceptors (Lipinski definition) is 6. The maximum Gasteiger partial charge on any atom is 0.445 e. The molecule has 1 saturated heterocycles. The van der Waals surface area contributed by atoms with Crippen molar-refractivity contribution in [2.24, 2.45) is 5.41 Å². The molecular formula is C11H17F3N4OS. The van der Waals surface area contributed by atoms with E-state index in [2.05, 4.69) is 20.8 Å². The summed E-state index contributed by atoms with van der Waals surface area (Å²) in [7, 11) is 1.64. The van der Waals surface area contributed by atoms with Crippen LogP contribution < -0.4 is 10.6 Å². The summed E-state index contributed by atoms with van der Waals surface area (Å²) in [6.45, 7) is 2.88. The molecule has 0 aromatic carbocycles. The predicted octanol–water partition coefficient (Wildman–Crippen LogP) is 1.98. The van der Waals surface area contributed by atoms with Crippen molar-refractivity contribution in [3.05, 3.63) is 5.01 Å². The lowest BCUT2D eigenvalue weighted by atomic mass is 9.79. The molecule has 1 aliphatic heterocycles. The second-order valence-electron chi connectivity index (χ2n) is 4.95. The first-order valence-electron chi connectivity index (χ1n) is 6.29. The molecule has 9 heteroatoms. The van der Waals surface area contributed by atoms with E-state index >= 15 is 0 Å². The fourth-order valence-corrected chi connectivity index (χ4v) is 2.91. The normalized spacial score (nSPS) is 19.0. The Kier molecular flexibility index (Phi) is 4.82. The van der Waals surface area contributed by atoms with Gasteiger partial charge in [0.1, 0.15) is 0 Å². The molecule has 1 aromatic rings. The number of alkyl halides is 3. The van der Waals surface area contributed by atoms with Crippen LogP contribution in [0.15, 0.2) is 0 Å². The highest BCUT2D eigenvalue weighted by Crippen LogP contribution is 2.34. The van der Waals surface area contributed by atoms with Gasteiger partial charge in [0, 0.05) is 19.1 Å². The van der Waals surface area contributed by atoms with E-state index < -0.39 is 11.2 Å². The monoisotopic (exact) mass is 310 g/mol. The van der Waals surface area contributed by atoms with E-state index in [0.717, 1.165) is 25.9 Å². The minimum absolute atomic E-state index is 0.0654. The van der Waals surface area contributed by atoms with Gasteiger partial charge in [-0.15, -0.1) is 10.2 Å². The largest absolute Gasteiger partial charge is 0.445 e. The Morgan fingerprint density at radius 3 is 2.60 bits per heavy atom. The van der Waals surface area contributed by atoms with Gasteiger partial charge in [-0.25, -0.2) is 0 Å². The summed E-state index contributed by atoms with van der Waals surface area (Å²) in [5, 5.41) is 12.2. The van der Waals surface area contributed by atoms with E-state index in [1.807, 2.05) is 0 Å². The van der Waals surface area contributed by atoms with Crippen LogP contribution in [0, 0.1) is 5.41 Å². The second-order valence-corrected chi connectivity index (χ2v) is 5.92. The van der Waals surface area contributed by atoms with Crippen LogP contribution in [0.25, 0.3) is 0 Å². The van der Waals surface area contributed by atoms with Crippen molar-refractivity contribution in [3.63, 3.8) is 0 Å². The smallest absolute Gasteiger partial charge is 0.384 e. The summed E-state index contributed by atoms with van der Waals surface area (Å²) in [5.41, 5.74) is -0.0654. The molecule has 1 aliphatic rings. The molecule has 0 unspecified atom stereocenters. The summed E-state index contributed by atoms with van der Waals surface area (Å²) in [6, 6.07) is 0. The molecule has 5 nitrogen and oxygen atoms in total. The highest BCUT2D eigenvalue weighted by molar-refractivity contribution is 7.15. The Morgan fingerprint density at radius 1 is 1.35 bits per heavy atom. The number of anilines is 1. The van der Waals surface area contributed by atoms with E-state index in [9.17, 15) is 13.2 Å². The van der Waals surface area contributed by atoms with Crippen LogP contribution in [-0.4, -0.2) is 43.5 Å². The maximum absolute atomic E-state index is 12.4. The second kappa shape index (κ2) is 6.23. The highest BCUT2D eigenvalue weighted by atomic mass is 32.1. The van der Waals surface area contributed by atoms with E-state index in [-0.39, 0.29) is 10.5 Å². The number of aromatic nitrogens is 2. The van der Waals surface area contributed by atoms with Gasteiger partial charge in [-0.05, 0) is 25.9 Å². The van der Waals surface area contributed by atoms with Gasteiger partial charge in [-0.3, -0.25) is 0 Å². The van der Waals surface area contributed by atoms with Crippen LogP contribution in [-0.2, 0) is 10.9 Å². The third-order valence-electron chi connectivity index (χ3n) is 3.40. The van der Waals surface area contributed by atoms with Crippen LogP contribution in [0.3, 0.4) is 0 Å². The topological polar surface area (TPSA) is 59.1 Å². The minimum atomic E-state index is -4.43. The average Bonchev–Trinajstić information content (AvgIpc) is 2.87. The Bertz CT molecular complexity index is 426. The fourth-order valence-electron chi connectivity index (χ4n) is 2.31. The molecule has 20 heavy (non-hydrogen) atoms. The molecule has 2 heterocycles. The van der Waals surface area contributed by atoms with Gasteiger partial charge in [-0.2, -0.15) is 13.2 Å². The van der Waals surface area contributed by atoms with Crippen molar-refractivity contribution >= 4 is 16.5 Å². The summed E-state index contributed by atoms with van der Waals surface area (Å²) < 4.78 is 42.6. The SMILES string of the molecule is COCC1(CNc2nnc(C(F)(F)F)s2)CCNCC1. The van der Waals surface area contributed by atoms with Crippen LogP contribution in [0.2, 0.25) is 0 Å². The summed E-state index contributed by atoms with van der Waals surface area (Å²) in [6.07, 6.45) is -2.60. The van der Waals surface area contributed by atoms with E-state index in [4.69, 9.17) is 4.74 Å². The molecule has 0 aliphatic carbocycles. The van der Waals surface area contributed by atoms with Crippen LogP contribution >= 0.6 is 11.3 Å². The lowest BCUT2D eigenvalue weighted by Crippen LogP contribution is -2.44. The number of ether oxygens (including phenoxy) is 1. The first kappa shape index (κ1) is 15.5. The van der Waals surface area contributed by atoms with Crippen molar-refractivity contribution in [2.45, 2.75) is 19.0 Å². The molecule has 0 amide bonds. The van der Waals surface area contributed by atoms with Gasteiger partial charge in [0.15, 0.2) is 0 Å². The Labute approximate surface area is 118 Å². The summed E-state index contributed by atoms with van der Waals surface area (Å²) in [5.74, 6) is 0. The van der Waals surface area contributed by atoms with E-state index in [1.165, 1.54) is 0 Å². The average molecular weight is 310 g/mol. The third kappa shape index (κ3) is 3.80. The number of rotatable bonds is 5. The molecule has 0 bridgehead atoms. The zero-order chi connectivity index (χ0) is 14.6. The van der Waals surface area contributed by atoms with E-state index in [1.54, 1.807) is 7.11 Å². The molecule has 1 fully saturated rings. The lowest BCUT2D eigenvalue weighted by molar-refractivity contribution is -0.138. The van der Waals surface area contributed by atoms with Crippen LogP contribution in [0.4, 0.5) is 18.3 Å². The quantitative estimate of drug-likeness (QED) is 0.871. The number of piperidine rings is 1. The number of halogens is 3. The molecule has 0 radical (unpaired) electrons. The maximum atomic E-state index is 12.4. The van der Waals surface area contributed by atoms with Gasteiger partial charge < -0.3 is 15.4 Å². The first-order valence-corrected chi connectivity index (χ1v) is 7.11. The molecule has 2 N–H and O–H groups in total. The third-order valence-corrected chi connectivity index (χ3v) is 4.32. The van der Waals surface area contributed by atoms with Crippen molar-refractivity contribution in [3.8, 4) is 0 Å². The van der Waals surface area contributed by atoms with Crippen molar-refractivity contribution < 1.29 is 17.9 Å². The van der Waals surface area contributed by atoms with Gasteiger partial charge in [-0.1, -0.05) is 11.3 Å². The first-order chi connectivity index (χ1) is 9.45. The van der Waals surface area contributed by atoms with Crippen LogP contribution in [0.5, 0.6) is 0 Å². The summed E-state index contributed by atoms with van der Waals surface area (Å²) in [4.78, 5) is 0. The Morgan fingerprint density at radius 2 is 2.05 bits per heavy atom. The Balaban J connectivity index is 1.97. The van der Waals surface area contributed by atoms with Crippen molar-refractivity contribution in [1.29, 1.82) is 0 Å². The Hall–Kier alpha value is -0.930. The highest BCUT2D eigenvalue weighted by Gasteiger charge is 2.36. The zero-order valence-electron chi connectivity index (χ0n) is 11.1. The van der Waals surface area contributed by atoms with Gasteiger partial charge >= 0.3 is 6.18 Å². The van der Waals surface area contributed by atoms with Gasteiger partial charge in [0.25, 0.3) is 0 Å². The predicted molar refractivity (Wildman–Crippen MR) is 69.8 cm³/mol. The lowest BCUT2D eigenvalue weighted by Gasteiger charge is -2.37. The van der Waals surface area contributed by atoms with Crippen LogP contribution in [0.1, 0.15) is 17.8 Å².